The summed E-state index contributed by atoms with van der Waals surface area (Å²) in [7, 11) is 0. The van der Waals surface area contributed by atoms with Crippen LogP contribution in [-0.4, -0.2) is 9.97 Å². The molecule has 4 heteroatoms. The molecule has 2 aromatic rings. The van der Waals surface area contributed by atoms with Gasteiger partial charge in [-0.05, 0) is 31.2 Å². The Hall–Kier alpha value is -1.94. The molecular formula is C11H14N4. The normalized spacial score (nSPS) is 8.67. The number of pyridine rings is 2. The Morgan fingerprint density at radius 3 is 2.33 bits per heavy atom. The van der Waals surface area contributed by atoms with E-state index in [-0.39, 0.29) is 0 Å². The molecule has 2 heterocycles. The second-order valence-electron chi connectivity index (χ2n) is 2.86. The van der Waals surface area contributed by atoms with Crippen LogP contribution in [0, 0.1) is 6.92 Å². The van der Waals surface area contributed by atoms with Crippen LogP contribution in [0.3, 0.4) is 0 Å². The highest BCUT2D eigenvalue weighted by atomic mass is 15.2. The fourth-order valence-corrected chi connectivity index (χ4v) is 0.896. The van der Waals surface area contributed by atoms with Crippen LogP contribution in [0.4, 0.5) is 5.69 Å². The van der Waals surface area contributed by atoms with E-state index in [2.05, 4.69) is 15.4 Å². The molecule has 78 valence electrons. The zero-order valence-corrected chi connectivity index (χ0v) is 8.59. The van der Waals surface area contributed by atoms with Crippen molar-refractivity contribution in [3.8, 4) is 0 Å². The first kappa shape index (κ1) is 11.1. The van der Waals surface area contributed by atoms with Crippen molar-refractivity contribution < 1.29 is 0 Å². The fourth-order valence-electron chi connectivity index (χ4n) is 0.896. The SMILES string of the molecule is Cc1ccccn1.NNc1cccnc1. The van der Waals surface area contributed by atoms with Crippen LogP contribution in [0.1, 0.15) is 5.69 Å². The van der Waals surface area contributed by atoms with Crippen LogP contribution in [0.15, 0.2) is 48.9 Å². The number of anilines is 1. The zero-order valence-electron chi connectivity index (χ0n) is 8.59. The first-order chi connectivity index (χ1) is 7.33. The molecule has 0 aliphatic rings. The Morgan fingerprint density at radius 1 is 1.13 bits per heavy atom. The molecule has 0 aliphatic heterocycles. The summed E-state index contributed by atoms with van der Waals surface area (Å²) in [5.41, 5.74) is 4.36. The lowest BCUT2D eigenvalue weighted by Gasteiger charge is -1.93. The molecular weight excluding hydrogens is 188 g/mol. The van der Waals surface area contributed by atoms with Crippen LogP contribution >= 0.6 is 0 Å². The Labute approximate surface area is 89.2 Å². The molecule has 2 rings (SSSR count). The van der Waals surface area contributed by atoms with E-state index in [1.54, 1.807) is 18.6 Å². The van der Waals surface area contributed by atoms with Gasteiger partial charge in [0, 0.05) is 18.1 Å². The molecule has 0 fully saturated rings. The van der Waals surface area contributed by atoms with Gasteiger partial charge in [-0.2, -0.15) is 0 Å². The molecule has 2 aromatic heterocycles. The summed E-state index contributed by atoms with van der Waals surface area (Å²) in [5, 5.41) is 0. The number of hydrazine groups is 1. The Morgan fingerprint density at radius 2 is 2.00 bits per heavy atom. The van der Waals surface area contributed by atoms with Crippen LogP contribution in [0.25, 0.3) is 0 Å². The number of rotatable bonds is 1. The quantitative estimate of drug-likeness (QED) is 0.546. The second kappa shape index (κ2) is 6.50. The van der Waals surface area contributed by atoms with Crippen molar-refractivity contribution in [2.24, 2.45) is 5.84 Å². The predicted molar refractivity (Wildman–Crippen MR) is 61.0 cm³/mol. The molecule has 0 bridgehead atoms. The monoisotopic (exact) mass is 202 g/mol. The highest BCUT2D eigenvalue weighted by Gasteiger charge is 1.79. The minimum absolute atomic E-state index is 0.826. The smallest absolute Gasteiger partial charge is 0.0668 e. The highest BCUT2D eigenvalue weighted by molar-refractivity contribution is 5.37. The predicted octanol–water partition coefficient (Wildman–Crippen LogP) is 1.76. The van der Waals surface area contributed by atoms with Crippen molar-refractivity contribution >= 4 is 5.69 Å². The Balaban J connectivity index is 0.000000151. The number of nitrogen functional groups attached to an aromatic ring is 1. The molecule has 3 N–H and O–H groups in total. The topological polar surface area (TPSA) is 63.8 Å². The molecule has 0 saturated carbocycles. The van der Waals surface area contributed by atoms with E-state index in [9.17, 15) is 0 Å². The van der Waals surface area contributed by atoms with Crippen molar-refractivity contribution in [1.29, 1.82) is 0 Å². The van der Waals surface area contributed by atoms with Gasteiger partial charge in [0.1, 0.15) is 0 Å². The van der Waals surface area contributed by atoms with Gasteiger partial charge in [0.05, 0.1) is 11.9 Å². The van der Waals surface area contributed by atoms with Crippen LogP contribution in [0.5, 0.6) is 0 Å². The van der Waals surface area contributed by atoms with Crippen LogP contribution in [-0.2, 0) is 0 Å². The summed E-state index contributed by atoms with van der Waals surface area (Å²) in [5.74, 6) is 5.06. The number of hydrogen-bond acceptors (Lipinski definition) is 4. The van der Waals surface area contributed by atoms with Gasteiger partial charge in [-0.1, -0.05) is 6.07 Å². The number of nitrogens with two attached hydrogens (primary N) is 1. The molecule has 0 aliphatic carbocycles. The summed E-state index contributed by atoms with van der Waals surface area (Å²) >= 11 is 0. The maximum absolute atomic E-state index is 5.06. The summed E-state index contributed by atoms with van der Waals surface area (Å²) < 4.78 is 0. The van der Waals surface area contributed by atoms with E-state index in [1.165, 1.54) is 0 Å². The standard InChI is InChI=1S/C6H7N.C5H7N3/c1-6-4-2-3-5-7-6;6-8-5-2-1-3-7-4-5/h2-5H,1H3;1-4,8H,6H2. The lowest BCUT2D eigenvalue weighted by molar-refractivity contribution is 1.20. The summed E-state index contributed by atoms with van der Waals surface area (Å²) in [4.78, 5) is 7.79. The summed E-state index contributed by atoms with van der Waals surface area (Å²) in [6, 6.07) is 9.51. The van der Waals surface area contributed by atoms with Gasteiger partial charge in [-0.15, -0.1) is 0 Å². The van der Waals surface area contributed by atoms with Gasteiger partial charge in [-0.25, -0.2) is 0 Å². The maximum atomic E-state index is 5.06. The van der Waals surface area contributed by atoms with Crippen LogP contribution in [0.2, 0.25) is 0 Å². The molecule has 0 radical (unpaired) electrons. The molecule has 0 unspecified atom stereocenters. The number of nitrogens with zero attached hydrogens (tertiary/aromatic N) is 2. The Bertz CT molecular complexity index is 361. The number of nitrogens with one attached hydrogen (secondary N) is 1. The second-order valence-corrected chi connectivity index (χ2v) is 2.86. The van der Waals surface area contributed by atoms with E-state index in [1.807, 2.05) is 37.3 Å². The molecule has 0 amide bonds. The molecule has 0 aromatic carbocycles. The molecule has 0 saturated heterocycles. The van der Waals surface area contributed by atoms with Gasteiger partial charge < -0.3 is 5.43 Å². The molecule has 0 spiro atoms. The van der Waals surface area contributed by atoms with Crippen LogP contribution < -0.4 is 11.3 Å². The summed E-state index contributed by atoms with van der Waals surface area (Å²) in [6.45, 7) is 1.97. The average Bonchev–Trinajstić information content (AvgIpc) is 2.32. The van der Waals surface area contributed by atoms with Gasteiger partial charge in [-0.3, -0.25) is 15.8 Å². The van der Waals surface area contributed by atoms with Crippen molar-refractivity contribution in [1.82, 2.24) is 9.97 Å². The third-order valence-electron chi connectivity index (χ3n) is 1.64. The minimum atomic E-state index is 0.826. The van der Waals surface area contributed by atoms with E-state index in [0.29, 0.717) is 0 Å². The average molecular weight is 202 g/mol. The van der Waals surface area contributed by atoms with Gasteiger partial charge in [0.2, 0.25) is 0 Å². The van der Waals surface area contributed by atoms with Gasteiger partial charge >= 0.3 is 0 Å². The van der Waals surface area contributed by atoms with E-state index in [0.717, 1.165) is 11.4 Å². The number of aryl methyl sites for hydroxylation is 1. The fraction of sp³-hybridized carbons (Fsp3) is 0.0909. The maximum Gasteiger partial charge on any atom is 0.0668 e. The third-order valence-corrected chi connectivity index (χ3v) is 1.64. The minimum Gasteiger partial charge on any atom is -0.323 e. The van der Waals surface area contributed by atoms with Crippen molar-refractivity contribution in [2.45, 2.75) is 6.92 Å². The lowest BCUT2D eigenvalue weighted by atomic mass is 10.4. The lowest BCUT2D eigenvalue weighted by Crippen LogP contribution is -2.06. The molecule has 15 heavy (non-hydrogen) atoms. The third kappa shape index (κ3) is 4.73. The molecule has 4 nitrogen and oxygen atoms in total. The highest BCUT2D eigenvalue weighted by Crippen LogP contribution is 1.97. The largest absolute Gasteiger partial charge is 0.323 e. The van der Waals surface area contributed by atoms with E-state index in [4.69, 9.17) is 5.84 Å². The first-order valence-electron chi connectivity index (χ1n) is 4.57. The van der Waals surface area contributed by atoms with E-state index < -0.39 is 0 Å². The van der Waals surface area contributed by atoms with Crippen molar-refractivity contribution in [2.75, 3.05) is 5.43 Å². The zero-order chi connectivity index (χ0) is 10.9. The summed E-state index contributed by atoms with van der Waals surface area (Å²) in [6.07, 6.45) is 5.14. The Kier molecular flexibility index (Phi) is 4.83. The van der Waals surface area contributed by atoms with Crippen molar-refractivity contribution in [3.63, 3.8) is 0 Å². The number of hydrogen-bond donors (Lipinski definition) is 2. The van der Waals surface area contributed by atoms with Gasteiger partial charge in [0.15, 0.2) is 0 Å². The van der Waals surface area contributed by atoms with Crippen molar-refractivity contribution in [3.05, 3.63) is 54.6 Å². The first-order valence-corrected chi connectivity index (χ1v) is 4.57. The van der Waals surface area contributed by atoms with Gasteiger partial charge in [0.25, 0.3) is 0 Å². The number of aromatic nitrogens is 2. The van der Waals surface area contributed by atoms with E-state index >= 15 is 0 Å². The molecule has 0 atom stereocenters.